The zero-order valence-corrected chi connectivity index (χ0v) is 22.5. The van der Waals surface area contributed by atoms with Crippen molar-refractivity contribution in [3.63, 3.8) is 0 Å². The maximum absolute atomic E-state index is 13.7. The van der Waals surface area contributed by atoms with Crippen molar-refractivity contribution in [1.82, 2.24) is 9.88 Å². The van der Waals surface area contributed by atoms with E-state index in [0.29, 0.717) is 18.8 Å². The highest BCUT2D eigenvalue weighted by Crippen LogP contribution is 2.33. The van der Waals surface area contributed by atoms with Crippen LogP contribution in [0.15, 0.2) is 72.8 Å². The zero-order chi connectivity index (χ0) is 26.9. The number of amides is 3. The van der Waals surface area contributed by atoms with Gasteiger partial charge < -0.3 is 9.64 Å². The molecular formula is C31H29N3O4S. The number of benzene rings is 3. The summed E-state index contributed by atoms with van der Waals surface area (Å²) in [4.78, 5) is 47.8. The van der Waals surface area contributed by atoms with Crippen LogP contribution in [0.25, 0.3) is 20.8 Å². The fourth-order valence-corrected chi connectivity index (χ4v) is 6.39. The van der Waals surface area contributed by atoms with E-state index in [-0.39, 0.29) is 36.7 Å². The fraction of sp³-hybridized carbons (Fsp3) is 0.290. The lowest BCUT2D eigenvalue weighted by Gasteiger charge is -2.30. The van der Waals surface area contributed by atoms with Crippen molar-refractivity contribution >= 4 is 45.0 Å². The number of nitrogens with zero attached hydrogens (tertiary/aromatic N) is 3. The summed E-state index contributed by atoms with van der Waals surface area (Å²) in [7, 11) is 0. The van der Waals surface area contributed by atoms with Gasteiger partial charge in [0.1, 0.15) is 11.0 Å². The number of anilines is 1. The predicted molar refractivity (Wildman–Crippen MR) is 152 cm³/mol. The lowest BCUT2D eigenvalue weighted by atomic mass is 10.1. The molecule has 0 N–H and O–H groups in total. The van der Waals surface area contributed by atoms with Gasteiger partial charge in [-0.25, -0.2) is 9.88 Å². The van der Waals surface area contributed by atoms with Gasteiger partial charge in [-0.05, 0) is 67.3 Å². The van der Waals surface area contributed by atoms with Gasteiger partial charge in [-0.2, -0.15) is 0 Å². The normalized spacial score (nSPS) is 19.3. The molecule has 2 fully saturated rings. The standard InChI is InChI=1S/C31H29N3O4S/c1-20-9-14-25-27(16-20)39-30(32-25)22-10-12-23(13-11-22)34-29(36)18-26(31(34)37)33(19-24-8-5-15-38-24)28(35)17-21-6-3-2-4-7-21/h2-4,6-7,9-14,16,24,26H,5,8,15,17-19H2,1H3. The molecule has 0 bridgehead atoms. The number of carbonyl (C=O) groups excluding carboxylic acids is 3. The van der Waals surface area contributed by atoms with Gasteiger partial charge in [0.25, 0.3) is 5.91 Å². The number of carbonyl (C=O) groups is 3. The van der Waals surface area contributed by atoms with Crippen molar-refractivity contribution in [2.24, 2.45) is 0 Å². The summed E-state index contributed by atoms with van der Waals surface area (Å²) in [5, 5.41) is 0.883. The molecule has 0 radical (unpaired) electrons. The van der Waals surface area contributed by atoms with Crippen molar-refractivity contribution in [2.45, 2.75) is 44.8 Å². The molecular weight excluding hydrogens is 510 g/mol. The van der Waals surface area contributed by atoms with Gasteiger partial charge in [0.2, 0.25) is 11.8 Å². The van der Waals surface area contributed by atoms with E-state index in [0.717, 1.165) is 39.2 Å². The van der Waals surface area contributed by atoms with Crippen LogP contribution in [0.3, 0.4) is 0 Å². The fourth-order valence-electron chi connectivity index (χ4n) is 5.32. The highest BCUT2D eigenvalue weighted by Gasteiger charge is 2.45. The van der Waals surface area contributed by atoms with Crippen molar-refractivity contribution in [3.05, 3.63) is 83.9 Å². The summed E-state index contributed by atoms with van der Waals surface area (Å²) in [5.74, 6) is -0.855. The van der Waals surface area contributed by atoms with Crippen molar-refractivity contribution in [1.29, 1.82) is 0 Å². The van der Waals surface area contributed by atoms with Gasteiger partial charge in [-0.15, -0.1) is 11.3 Å². The minimum Gasteiger partial charge on any atom is -0.376 e. The van der Waals surface area contributed by atoms with Gasteiger partial charge in [-0.3, -0.25) is 14.4 Å². The molecule has 2 aliphatic rings. The number of imide groups is 1. The quantitative estimate of drug-likeness (QED) is 0.303. The Balaban J connectivity index is 1.23. The van der Waals surface area contributed by atoms with E-state index in [1.165, 1.54) is 10.5 Å². The average molecular weight is 540 g/mol. The number of ether oxygens (including phenoxy) is 1. The maximum atomic E-state index is 13.7. The van der Waals surface area contributed by atoms with Crippen molar-refractivity contribution in [3.8, 4) is 10.6 Å². The molecule has 2 atom stereocenters. The van der Waals surface area contributed by atoms with E-state index in [1.807, 2.05) is 54.6 Å². The van der Waals surface area contributed by atoms with Gasteiger partial charge in [0, 0.05) is 18.7 Å². The number of thiazole rings is 1. The highest BCUT2D eigenvalue weighted by molar-refractivity contribution is 7.21. The number of rotatable bonds is 7. The van der Waals surface area contributed by atoms with E-state index in [9.17, 15) is 14.4 Å². The van der Waals surface area contributed by atoms with Crippen molar-refractivity contribution < 1.29 is 19.1 Å². The van der Waals surface area contributed by atoms with Crippen LogP contribution in [-0.2, 0) is 25.5 Å². The molecule has 198 valence electrons. The number of aromatic nitrogens is 1. The Morgan fingerprint density at radius 3 is 2.62 bits per heavy atom. The van der Waals surface area contributed by atoms with Crippen LogP contribution in [0.2, 0.25) is 0 Å². The number of fused-ring (bicyclic) bond motifs is 1. The third-order valence-corrected chi connectivity index (χ3v) is 8.43. The molecule has 3 heterocycles. The van der Waals surface area contributed by atoms with Crippen LogP contribution < -0.4 is 4.90 Å². The van der Waals surface area contributed by atoms with E-state index in [2.05, 4.69) is 13.0 Å². The Hall–Kier alpha value is -3.88. The second kappa shape index (κ2) is 10.7. The van der Waals surface area contributed by atoms with Crippen molar-refractivity contribution in [2.75, 3.05) is 18.1 Å². The average Bonchev–Trinajstić information content (AvgIpc) is 3.67. The largest absolute Gasteiger partial charge is 0.376 e. The lowest BCUT2D eigenvalue weighted by Crippen LogP contribution is -2.49. The van der Waals surface area contributed by atoms with Crippen LogP contribution in [0.1, 0.15) is 30.4 Å². The van der Waals surface area contributed by atoms with Gasteiger partial charge in [-0.1, -0.05) is 36.4 Å². The first-order valence-corrected chi connectivity index (χ1v) is 14.1. The Bertz CT molecular complexity index is 1530. The minimum absolute atomic E-state index is 0.0367. The maximum Gasteiger partial charge on any atom is 0.257 e. The Morgan fingerprint density at radius 2 is 1.87 bits per heavy atom. The molecule has 1 aromatic heterocycles. The molecule has 8 heteroatoms. The van der Waals surface area contributed by atoms with E-state index in [4.69, 9.17) is 9.72 Å². The summed E-state index contributed by atoms with van der Waals surface area (Å²) in [6, 6.07) is 22.1. The van der Waals surface area contributed by atoms with Crippen LogP contribution in [0.4, 0.5) is 5.69 Å². The summed E-state index contributed by atoms with van der Waals surface area (Å²) in [6.45, 7) is 3.01. The highest BCUT2D eigenvalue weighted by atomic mass is 32.1. The lowest BCUT2D eigenvalue weighted by molar-refractivity contribution is -0.139. The van der Waals surface area contributed by atoms with Crippen LogP contribution in [0, 0.1) is 6.92 Å². The molecule has 6 rings (SSSR count). The molecule has 2 aliphatic heterocycles. The summed E-state index contributed by atoms with van der Waals surface area (Å²) >= 11 is 1.61. The number of aryl methyl sites for hydroxylation is 1. The molecule has 7 nitrogen and oxygen atoms in total. The Kier molecular flexibility index (Phi) is 6.97. The van der Waals surface area contributed by atoms with Crippen LogP contribution >= 0.6 is 11.3 Å². The first-order valence-electron chi connectivity index (χ1n) is 13.3. The SMILES string of the molecule is Cc1ccc2nc(-c3ccc(N4C(=O)CC(N(CC5CCCO5)C(=O)Cc5ccccc5)C4=O)cc3)sc2c1. The summed E-state index contributed by atoms with van der Waals surface area (Å²) in [5.41, 5.74) is 4.43. The van der Waals surface area contributed by atoms with Gasteiger partial charge >= 0.3 is 0 Å². The molecule has 2 saturated heterocycles. The molecule has 0 spiro atoms. The molecule has 0 saturated carbocycles. The van der Waals surface area contributed by atoms with Crippen LogP contribution in [-0.4, -0.2) is 52.9 Å². The second-order valence-electron chi connectivity index (χ2n) is 10.2. The smallest absolute Gasteiger partial charge is 0.257 e. The summed E-state index contributed by atoms with van der Waals surface area (Å²) < 4.78 is 6.91. The number of hydrogen-bond donors (Lipinski definition) is 0. The molecule has 4 aromatic rings. The van der Waals surface area contributed by atoms with E-state index < -0.39 is 6.04 Å². The van der Waals surface area contributed by atoms with Crippen LogP contribution in [0.5, 0.6) is 0 Å². The Morgan fingerprint density at radius 1 is 1.08 bits per heavy atom. The minimum atomic E-state index is -0.843. The zero-order valence-electron chi connectivity index (χ0n) is 21.7. The first kappa shape index (κ1) is 25.4. The Labute approximate surface area is 231 Å². The second-order valence-corrected chi connectivity index (χ2v) is 11.2. The van der Waals surface area contributed by atoms with E-state index >= 15 is 0 Å². The molecule has 0 aliphatic carbocycles. The molecule has 39 heavy (non-hydrogen) atoms. The number of hydrogen-bond acceptors (Lipinski definition) is 6. The predicted octanol–water partition coefficient (Wildman–Crippen LogP) is 5.15. The summed E-state index contributed by atoms with van der Waals surface area (Å²) in [6.07, 6.45) is 1.77. The van der Waals surface area contributed by atoms with Gasteiger partial charge in [0.05, 0.1) is 34.8 Å². The first-order chi connectivity index (χ1) is 19.0. The third-order valence-electron chi connectivity index (χ3n) is 7.36. The van der Waals surface area contributed by atoms with Gasteiger partial charge in [0.15, 0.2) is 0 Å². The molecule has 3 amide bonds. The van der Waals surface area contributed by atoms with E-state index in [1.54, 1.807) is 28.4 Å². The molecule has 2 unspecified atom stereocenters. The topological polar surface area (TPSA) is 79.8 Å². The molecule has 3 aromatic carbocycles. The monoisotopic (exact) mass is 539 g/mol. The third kappa shape index (κ3) is 5.22.